The lowest BCUT2D eigenvalue weighted by molar-refractivity contribution is -0.122. The quantitative estimate of drug-likeness (QED) is 0.615. The number of carbonyl (C=O) groups is 1. The van der Waals surface area contributed by atoms with Gasteiger partial charge < -0.3 is 25.3 Å². The number of ether oxygens (including phenoxy) is 3. The summed E-state index contributed by atoms with van der Waals surface area (Å²) >= 11 is 1.67. The Hall–Kier alpha value is -1.31. The van der Waals surface area contributed by atoms with Crippen molar-refractivity contribution < 1.29 is 19.0 Å². The number of methoxy groups -OCH3 is 2. The molecule has 0 saturated heterocycles. The highest BCUT2D eigenvalue weighted by molar-refractivity contribution is 7.98. The third-order valence-corrected chi connectivity index (χ3v) is 3.61. The SMILES string of the molecule is COc1cc(OC)cc(OCCNC(=O)[C@@H](N)CCSC)c1.Cl. The third-order valence-electron chi connectivity index (χ3n) is 2.96. The Morgan fingerprint density at radius 3 is 2.30 bits per heavy atom. The van der Waals surface area contributed by atoms with Crippen molar-refractivity contribution in [2.75, 3.05) is 39.4 Å². The van der Waals surface area contributed by atoms with E-state index in [1.165, 1.54) is 0 Å². The van der Waals surface area contributed by atoms with Crippen molar-refractivity contribution >= 4 is 30.1 Å². The molecule has 0 radical (unpaired) electrons. The molecule has 1 aromatic carbocycles. The summed E-state index contributed by atoms with van der Waals surface area (Å²) in [5, 5.41) is 2.76. The number of hydrogen-bond donors (Lipinski definition) is 2. The first-order valence-corrected chi connectivity index (χ1v) is 8.38. The summed E-state index contributed by atoms with van der Waals surface area (Å²) in [7, 11) is 3.16. The van der Waals surface area contributed by atoms with Crippen LogP contribution < -0.4 is 25.3 Å². The predicted octanol–water partition coefficient (Wildman–Crippen LogP) is 1.70. The maximum atomic E-state index is 11.7. The summed E-state index contributed by atoms with van der Waals surface area (Å²) in [4.78, 5) is 11.7. The molecule has 0 aliphatic heterocycles. The Morgan fingerprint density at radius 1 is 1.22 bits per heavy atom. The summed E-state index contributed by atoms with van der Waals surface area (Å²) in [6.45, 7) is 0.739. The van der Waals surface area contributed by atoms with Gasteiger partial charge in [0.1, 0.15) is 23.9 Å². The monoisotopic (exact) mass is 364 g/mol. The molecule has 23 heavy (non-hydrogen) atoms. The van der Waals surface area contributed by atoms with Crippen molar-refractivity contribution in [3.63, 3.8) is 0 Å². The minimum Gasteiger partial charge on any atom is -0.496 e. The van der Waals surface area contributed by atoms with Crippen LogP contribution in [0.15, 0.2) is 18.2 Å². The molecule has 0 spiro atoms. The smallest absolute Gasteiger partial charge is 0.237 e. The molecule has 1 amide bonds. The van der Waals surface area contributed by atoms with Crippen LogP contribution in [-0.4, -0.2) is 51.3 Å². The van der Waals surface area contributed by atoms with Crippen LogP contribution in [0.2, 0.25) is 0 Å². The maximum absolute atomic E-state index is 11.7. The van der Waals surface area contributed by atoms with E-state index in [1.807, 2.05) is 6.26 Å². The zero-order valence-electron chi connectivity index (χ0n) is 13.7. The number of nitrogens with one attached hydrogen (secondary N) is 1. The predicted molar refractivity (Wildman–Crippen MR) is 96.3 cm³/mol. The van der Waals surface area contributed by atoms with Gasteiger partial charge in [0.05, 0.1) is 26.8 Å². The van der Waals surface area contributed by atoms with Crippen molar-refractivity contribution in [2.24, 2.45) is 5.73 Å². The zero-order valence-corrected chi connectivity index (χ0v) is 15.3. The Morgan fingerprint density at radius 2 is 1.78 bits per heavy atom. The standard InChI is InChI=1S/C15H24N2O4S.ClH/c1-19-11-8-12(20-2)10-13(9-11)21-6-5-17-15(18)14(16)4-7-22-3;/h8-10,14H,4-7,16H2,1-3H3,(H,17,18);1H/t14-;/m0./s1. The second-order valence-corrected chi connectivity index (χ2v) is 5.56. The van der Waals surface area contributed by atoms with Crippen LogP contribution in [0.25, 0.3) is 0 Å². The molecular weight excluding hydrogens is 340 g/mol. The minimum absolute atomic E-state index is 0. The Labute approximate surface area is 147 Å². The molecule has 3 N–H and O–H groups in total. The van der Waals surface area contributed by atoms with E-state index in [1.54, 1.807) is 44.2 Å². The number of nitrogens with two attached hydrogens (primary N) is 1. The van der Waals surface area contributed by atoms with Crippen molar-refractivity contribution in [1.29, 1.82) is 0 Å². The van der Waals surface area contributed by atoms with Gasteiger partial charge in [0.15, 0.2) is 0 Å². The number of benzene rings is 1. The number of halogens is 1. The lowest BCUT2D eigenvalue weighted by atomic mass is 10.2. The number of thioether (sulfide) groups is 1. The third kappa shape index (κ3) is 8.20. The van der Waals surface area contributed by atoms with Gasteiger partial charge in [0.25, 0.3) is 0 Å². The van der Waals surface area contributed by atoms with Gasteiger partial charge in [-0.05, 0) is 18.4 Å². The van der Waals surface area contributed by atoms with Crippen molar-refractivity contribution in [3.8, 4) is 17.2 Å². The topological polar surface area (TPSA) is 82.8 Å². The van der Waals surface area contributed by atoms with Gasteiger partial charge in [-0.25, -0.2) is 0 Å². The van der Waals surface area contributed by atoms with E-state index in [2.05, 4.69) is 5.32 Å². The molecule has 0 aromatic heterocycles. The Bertz CT molecular complexity index is 455. The maximum Gasteiger partial charge on any atom is 0.237 e. The summed E-state index contributed by atoms with van der Waals surface area (Å²) < 4.78 is 15.9. The van der Waals surface area contributed by atoms with E-state index >= 15 is 0 Å². The second-order valence-electron chi connectivity index (χ2n) is 4.58. The van der Waals surface area contributed by atoms with E-state index in [0.29, 0.717) is 36.8 Å². The van der Waals surface area contributed by atoms with E-state index in [0.717, 1.165) is 5.75 Å². The van der Waals surface area contributed by atoms with Crippen LogP contribution in [0.5, 0.6) is 17.2 Å². The van der Waals surface area contributed by atoms with Crippen LogP contribution in [0.3, 0.4) is 0 Å². The van der Waals surface area contributed by atoms with Crippen molar-refractivity contribution in [2.45, 2.75) is 12.5 Å². The van der Waals surface area contributed by atoms with E-state index < -0.39 is 6.04 Å². The number of rotatable bonds is 10. The summed E-state index contributed by atoms with van der Waals surface area (Å²) in [6, 6.07) is 4.81. The van der Waals surface area contributed by atoms with Crippen LogP contribution in [0.4, 0.5) is 0 Å². The van der Waals surface area contributed by atoms with Crippen LogP contribution in [0, 0.1) is 0 Å². The molecule has 1 aromatic rings. The molecule has 0 bridgehead atoms. The first-order valence-electron chi connectivity index (χ1n) is 6.98. The fourth-order valence-electron chi connectivity index (χ4n) is 1.71. The normalized spacial score (nSPS) is 11.1. The van der Waals surface area contributed by atoms with Crippen LogP contribution in [0.1, 0.15) is 6.42 Å². The zero-order chi connectivity index (χ0) is 16.4. The second kappa shape index (κ2) is 12.2. The number of hydrogen-bond acceptors (Lipinski definition) is 6. The molecule has 6 nitrogen and oxygen atoms in total. The van der Waals surface area contributed by atoms with Crippen LogP contribution >= 0.6 is 24.2 Å². The van der Waals surface area contributed by atoms with E-state index in [9.17, 15) is 4.79 Å². The Balaban J connectivity index is 0.00000484. The average molecular weight is 365 g/mol. The molecule has 132 valence electrons. The minimum atomic E-state index is -0.468. The highest BCUT2D eigenvalue weighted by atomic mass is 35.5. The first kappa shape index (κ1) is 21.7. The molecule has 0 fully saturated rings. The molecule has 1 rings (SSSR count). The number of amides is 1. The van der Waals surface area contributed by atoms with E-state index in [4.69, 9.17) is 19.9 Å². The lowest BCUT2D eigenvalue weighted by Gasteiger charge is -2.13. The van der Waals surface area contributed by atoms with Gasteiger partial charge in [0, 0.05) is 18.2 Å². The molecule has 1 atom stereocenters. The average Bonchev–Trinajstić information content (AvgIpc) is 2.55. The van der Waals surface area contributed by atoms with Gasteiger partial charge >= 0.3 is 0 Å². The highest BCUT2D eigenvalue weighted by Crippen LogP contribution is 2.27. The van der Waals surface area contributed by atoms with Crippen molar-refractivity contribution in [3.05, 3.63) is 18.2 Å². The number of carbonyl (C=O) groups excluding carboxylic acids is 1. The van der Waals surface area contributed by atoms with Gasteiger partial charge in [-0.15, -0.1) is 12.4 Å². The van der Waals surface area contributed by atoms with Crippen LogP contribution in [-0.2, 0) is 4.79 Å². The Kier molecular flexibility index (Phi) is 11.5. The molecule has 0 unspecified atom stereocenters. The summed E-state index contributed by atoms with van der Waals surface area (Å²) in [5.41, 5.74) is 5.77. The fourth-order valence-corrected chi connectivity index (χ4v) is 2.20. The van der Waals surface area contributed by atoms with Gasteiger partial charge in [0.2, 0.25) is 5.91 Å². The summed E-state index contributed by atoms with van der Waals surface area (Å²) in [6.07, 6.45) is 2.65. The molecule has 0 heterocycles. The molecule has 0 aliphatic rings. The largest absolute Gasteiger partial charge is 0.496 e. The first-order chi connectivity index (χ1) is 10.6. The van der Waals surface area contributed by atoms with E-state index in [-0.39, 0.29) is 18.3 Å². The molecular formula is C15H25ClN2O4S. The molecule has 0 saturated carbocycles. The fraction of sp³-hybridized carbons (Fsp3) is 0.533. The van der Waals surface area contributed by atoms with Gasteiger partial charge in [-0.2, -0.15) is 11.8 Å². The van der Waals surface area contributed by atoms with Gasteiger partial charge in [-0.1, -0.05) is 0 Å². The van der Waals surface area contributed by atoms with Crippen molar-refractivity contribution in [1.82, 2.24) is 5.32 Å². The molecule has 0 aliphatic carbocycles. The van der Waals surface area contributed by atoms with Gasteiger partial charge in [-0.3, -0.25) is 4.79 Å². The molecule has 8 heteroatoms. The highest BCUT2D eigenvalue weighted by Gasteiger charge is 2.12. The summed E-state index contributed by atoms with van der Waals surface area (Å²) in [5.74, 6) is 2.64. The lowest BCUT2D eigenvalue weighted by Crippen LogP contribution is -2.42.